The number of rotatable bonds is 5. The van der Waals surface area contributed by atoms with Crippen LogP contribution in [0, 0.1) is 0 Å². The first-order valence-corrected chi connectivity index (χ1v) is 9.55. The lowest BCUT2D eigenvalue weighted by molar-refractivity contribution is 0.306. The van der Waals surface area contributed by atoms with Crippen LogP contribution in [0.1, 0.15) is 30.0 Å². The van der Waals surface area contributed by atoms with E-state index >= 15 is 0 Å². The van der Waals surface area contributed by atoms with Gasteiger partial charge in [0.25, 0.3) is 0 Å². The standard InChI is InChI=1S/C22H24N4O2.ClH/c23-22-25-17(16-8-5-11-24-13-16)12-18(26-22)21-19(27)9-4-10-20(21)28-14-15-6-2-1-3-7-15;/h1-4,6-7,9-10,12,16,24,27H,5,8,11,13-14H2,(H2,23,25,26);1H. The maximum atomic E-state index is 10.5. The van der Waals surface area contributed by atoms with Crippen molar-refractivity contribution in [1.29, 1.82) is 0 Å². The second-order valence-electron chi connectivity index (χ2n) is 7.00. The molecule has 0 spiro atoms. The molecule has 0 aliphatic carbocycles. The van der Waals surface area contributed by atoms with Crippen molar-refractivity contribution in [3.63, 3.8) is 0 Å². The number of nitrogen functional groups attached to an aromatic ring is 1. The molecule has 0 radical (unpaired) electrons. The molecule has 3 aromatic rings. The summed E-state index contributed by atoms with van der Waals surface area (Å²) in [5.74, 6) is 1.17. The lowest BCUT2D eigenvalue weighted by Crippen LogP contribution is -2.29. The fraction of sp³-hybridized carbons (Fsp3) is 0.273. The minimum atomic E-state index is 0. The molecule has 1 fully saturated rings. The molecule has 1 aromatic heterocycles. The zero-order valence-corrected chi connectivity index (χ0v) is 16.9. The Morgan fingerprint density at radius 2 is 1.93 bits per heavy atom. The largest absolute Gasteiger partial charge is 0.507 e. The van der Waals surface area contributed by atoms with Gasteiger partial charge in [0.1, 0.15) is 18.1 Å². The van der Waals surface area contributed by atoms with Crippen molar-refractivity contribution in [1.82, 2.24) is 15.3 Å². The molecule has 2 heterocycles. The average molecular weight is 413 g/mol. The molecule has 1 saturated heterocycles. The average Bonchev–Trinajstić information content (AvgIpc) is 2.73. The molecule has 6 nitrogen and oxygen atoms in total. The van der Waals surface area contributed by atoms with Gasteiger partial charge in [-0.25, -0.2) is 9.97 Å². The van der Waals surface area contributed by atoms with Crippen LogP contribution in [-0.4, -0.2) is 28.2 Å². The first-order valence-electron chi connectivity index (χ1n) is 9.55. The van der Waals surface area contributed by atoms with Gasteiger partial charge in [-0.2, -0.15) is 0 Å². The van der Waals surface area contributed by atoms with Gasteiger partial charge in [-0.3, -0.25) is 0 Å². The number of phenolic OH excluding ortho intramolecular Hbond substituents is 1. The number of hydrogen-bond acceptors (Lipinski definition) is 6. The van der Waals surface area contributed by atoms with Crippen molar-refractivity contribution in [2.45, 2.75) is 25.4 Å². The maximum Gasteiger partial charge on any atom is 0.220 e. The molecule has 4 rings (SSSR count). The predicted molar refractivity (Wildman–Crippen MR) is 116 cm³/mol. The van der Waals surface area contributed by atoms with Crippen LogP contribution >= 0.6 is 12.4 Å². The van der Waals surface area contributed by atoms with E-state index in [-0.39, 0.29) is 30.0 Å². The van der Waals surface area contributed by atoms with E-state index in [1.54, 1.807) is 12.1 Å². The van der Waals surface area contributed by atoms with Crippen LogP contribution < -0.4 is 15.8 Å². The first kappa shape index (κ1) is 20.9. The van der Waals surface area contributed by atoms with Crippen LogP contribution in [0.25, 0.3) is 11.3 Å². The summed E-state index contributed by atoms with van der Waals surface area (Å²) in [5.41, 5.74) is 9.07. The molecule has 29 heavy (non-hydrogen) atoms. The van der Waals surface area contributed by atoms with Gasteiger partial charge >= 0.3 is 0 Å². The smallest absolute Gasteiger partial charge is 0.220 e. The number of ether oxygens (including phenoxy) is 1. The van der Waals surface area contributed by atoms with Crippen LogP contribution in [0.2, 0.25) is 0 Å². The summed E-state index contributed by atoms with van der Waals surface area (Å²) < 4.78 is 6.01. The van der Waals surface area contributed by atoms with Crippen molar-refractivity contribution in [2.75, 3.05) is 18.8 Å². The number of halogens is 1. The van der Waals surface area contributed by atoms with Gasteiger partial charge in [0.05, 0.1) is 17.0 Å². The molecule has 0 amide bonds. The molecule has 7 heteroatoms. The lowest BCUT2D eigenvalue weighted by atomic mass is 9.94. The number of nitrogens with one attached hydrogen (secondary N) is 1. The second-order valence-corrected chi connectivity index (χ2v) is 7.00. The normalized spacial score (nSPS) is 16.1. The fourth-order valence-electron chi connectivity index (χ4n) is 3.56. The molecule has 1 aliphatic heterocycles. The highest BCUT2D eigenvalue weighted by Gasteiger charge is 2.21. The Labute approximate surface area is 176 Å². The fourth-order valence-corrected chi connectivity index (χ4v) is 3.56. The summed E-state index contributed by atoms with van der Waals surface area (Å²) in [6.45, 7) is 2.30. The van der Waals surface area contributed by atoms with E-state index < -0.39 is 0 Å². The first-order chi connectivity index (χ1) is 13.7. The highest BCUT2D eigenvalue weighted by atomic mass is 35.5. The van der Waals surface area contributed by atoms with Crippen LogP contribution in [0.4, 0.5) is 5.95 Å². The van der Waals surface area contributed by atoms with E-state index in [2.05, 4.69) is 15.3 Å². The van der Waals surface area contributed by atoms with Crippen molar-refractivity contribution in [3.8, 4) is 22.8 Å². The Morgan fingerprint density at radius 3 is 2.69 bits per heavy atom. The summed E-state index contributed by atoms with van der Waals surface area (Å²) >= 11 is 0. The summed E-state index contributed by atoms with van der Waals surface area (Å²) in [5, 5.41) is 13.9. The Bertz CT molecular complexity index is 947. The van der Waals surface area contributed by atoms with Crippen molar-refractivity contribution in [2.24, 2.45) is 0 Å². The van der Waals surface area contributed by atoms with Crippen molar-refractivity contribution in [3.05, 3.63) is 65.9 Å². The van der Waals surface area contributed by atoms with Gasteiger partial charge in [-0.15, -0.1) is 12.4 Å². The third kappa shape index (κ3) is 4.96. The molecular weight excluding hydrogens is 388 g/mol. The van der Waals surface area contributed by atoms with E-state index in [0.717, 1.165) is 37.2 Å². The summed E-state index contributed by atoms with van der Waals surface area (Å²) in [6, 6.07) is 17.0. The summed E-state index contributed by atoms with van der Waals surface area (Å²) in [6.07, 6.45) is 2.16. The number of piperidine rings is 1. The van der Waals surface area contributed by atoms with E-state index in [1.807, 2.05) is 42.5 Å². The Kier molecular flexibility index (Phi) is 6.90. The SMILES string of the molecule is Cl.Nc1nc(-c2c(O)cccc2OCc2ccccc2)cc(C2CCCNC2)n1. The van der Waals surface area contributed by atoms with Gasteiger partial charge in [-0.05, 0) is 43.1 Å². The number of aromatic nitrogens is 2. The number of phenols is 1. The monoisotopic (exact) mass is 412 g/mol. The summed E-state index contributed by atoms with van der Waals surface area (Å²) in [4.78, 5) is 8.82. The molecule has 1 atom stereocenters. The maximum absolute atomic E-state index is 10.5. The molecule has 1 aliphatic rings. The highest BCUT2D eigenvalue weighted by molar-refractivity contribution is 5.85. The minimum Gasteiger partial charge on any atom is -0.507 e. The zero-order valence-electron chi connectivity index (χ0n) is 16.0. The number of nitrogens with two attached hydrogens (primary N) is 1. The Balaban J connectivity index is 0.00000240. The van der Waals surface area contributed by atoms with E-state index in [4.69, 9.17) is 10.5 Å². The molecule has 152 valence electrons. The second kappa shape index (κ2) is 9.58. The summed E-state index contributed by atoms with van der Waals surface area (Å²) in [7, 11) is 0. The molecule has 0 bridgehead atoms. The Morgan fingerprint density at radius 1 is 1.10 bits per heavy atom. The van der Waals surface area contributed by atoms with Crippen molar-refractivity contribution >= 4 is 18.4 Å². The van der Waals surface area contributed by atoms with Gasteiger partial charge in [0.2, 0.25) is 5.95 Å². The van der Waals surface area contributed by atoms with Crippen LogP contribution in [-0.2, 0) is 6.61 Å². The molecule has 2 aromatic carbocycles. The van der Waals surface area contributed by atoms with E-state index in [1.165, 1.54) is 0 Å². The predicted octanol–water partition coefficient (Wildman–Crippen LogP) is 3.90. The topological polar surface area (TPSA) is 93.3 Å². The number of anilines is 1. The van der Waals surface area contributed by atoms with E-state index in [0.29, 0.717) is 23.6 Å². The number of aromatic hydroxyl groups is 1. The quantitative estimate of drug-likeness (QED) is 0.588. The third-order valence-electron chi connectivity index (χ3n) is 4.98. The third-order valence-corrected chi connectivity index (χ3v) is 4.98. The number of nitrogens with zero attached hydrogens (tertiary/aromatic N) is 2. The molecule has 4 N–H and O–H groups in total. The molecule has 1 unspecified atom stereocenters. The highest BCUT2D eigenvalue weighted by Crippen LogP contribution is 2.38. The van der Waals surface area contributed by atoms with Gasteiger partial charge in [0.15, 0.2) is 0 Å². The lowest BCUT2D eigenvalue weighted by Gasteiger charge is -2.23. The van der Waals surface area contributed by atoms with Gasteiger partial charge in [-0.1, -0.05) is 36.4 Å². The van der Waals surface area contributed by atoms with Crippen LogP contribution in [0.15, 0.2) is 54.6 Å². The Hall–Kier alpha value is -2.83. The number of hydrogen-bond donors (Lipinski definition) is 3. The van der Waals surface area contributed by atoms with Crippen molar-refractivity contribution < 1.29 is 9.84 Å². The van der Waals surface area contributed by atoms with Gasteiger partial charge < -0.3 is 20.9 Å². The van der Waals surface area contributed by atoms with Crippen LogP contribution in [0.3, 0.4) is 0 Å². The molecule has 0 saturated carbocycles. The zero-order chi connectivity index (χ0) is 19.3. The number of benzene rings is 2. The molecular formula is C22H25ClN4O2. The van der Waals surface area contributed by atoms with E-state index in [9.17, 15) is 5.11 Å². The van der Waals surface area contributed by atoms with Crippen LogP contribution in [0.5, 0.6) is 11.5 Å². The van der Waals surface area contributed by atoms with Gasteiger partial charge in [0, 0.05) is 12.5 Å². The minimum absolute atomic E-state index is 0.